The lowest BCUT2D eigenvalue weighted by atomic mass is 10.0. The Hall–Kier alpha value is -2.79. The Kier molecular flexibility index (Phi) is 6.38. The quantitative estimate of drug-likeness (QED) is 0.598. The summed E-state index contributed by atoms with van der Waals surface area (Å²) in [6.45, 7) is 4.83. The molecule has 0 saturated carbocycles. The molecule has 1 saturated heterocycles. The van der Waals surface area contributed by atoms with Gasteiger partial charge in [-0.25, -0.2) is 0 Å². The lowest BCUT2D eigenvalue weighted by Gasteiger charge is -2.28. The topological polar surface area (TPSA) is 54.7 Å². The zero-order valence-electron chi connectivity index (χ0n) is 17.8. The van der Waals surface area contributed by atoms with Crippen molar-refractivity contribution in [1.82, 2.24) is 10.2 Å². The third-order valence-electron chi connectivity index (χ3n) is 6.03. The second-order valence-electron chi connectivity index (χ2n) is 7.96. The Balaban J connectivity index is 1.45. The minimum absolute atomic E-state index is 0.0179. The number of likely N-dealkylation sites (tertiary alicyclic amines) is 1. The molecule has 1 aromatic heterocycles. The average molecular weight is 407 g/mol. The van der Waals surface area contributed by atoms with Gasteiger partial charge in [0.1, 0.15) is 11.3 Å². The van der Waals surface area contributed by atoms with Crippen LogP contribution in [0.1, 0.15) is 42.5 Å². The first-order chi connectivity index (χ1) is 14.7. The van der Waals surface area contributed by atoms with Crippen molar-refractivity contribution in [3.05, 3.63) is 65.4 Å². The number of carbonyl (C=O) groups excluding carboxylic acids is 1. The number of nitrogens with one attached hydrogen (secondary N) is 1. The highest BCUT2D eigenvalue weighted by Gasteiger charge is 2.24. The molecule has 0 unspecified atom stereocenters. The fraction of sp³-hybridized carbons (Fsp3) is 0.400. The summed E-state index contributed by atoms with van der Waals surface area (Å²) in [4.78, 5) is 15.2. The van der Waals surface area contributed by atoms with Crippen molar-refractivity contribution in [2.75, 3.05) is 26.7 Å². The molecule has 1 atom stereocenters. The van der Waals surface area contributed by atoms with Crippen LogP contribution in [-0.2, 0) is 17.6 Å². The number of ether oxygens (including phenoxy) is 1. The van der Waals surface area contributed by atoms with Gasteiger partial charge in [-0.05, 0) is 61.7 Å². The monoisotopic (exact) mass is 406 g/mol. The number of carbonyl (C=O) groups is 1. The van der Waals surface area contributed by atoms with E-state index in [2.05, 4.69) is 47.5 Å². The summed E-state index contributed by atoms with van der Waals surface area (Å²) in [5.74, 6) is 0.865. The third-order valence-corrected chi connectivity index (χ3v) is 6.03. The molecule has 2 heterocycles. The van der Waals surface area contributed by atoms with Crippen LogP contribution in [0, 0.1) is 0 Å². The Bertz CT molecular complexity index is 1000. The summed E-state index contributed by atoms with van der Waals surface area (Å²) in [7, 11) is 1.68. The van der Waals surface area contributed by atoms with E-state index >= 15 is 0 Å². The van der Waals surface area contributed by atoms with Gasteiger partial charge in [0.25, 0.3) is 0 Å². The molecule has 0 aliphatic carbocycles. The predicted octanol–water partition coefficient (Wildman–Crippen LogP) is 4.50. The highest BCUT2D eigenvalue weighted by Crippen LogP contribution is 2.27. The van der Waals surface area contributed by atoms with Crippen molar-refractivity contribution in [2.45, 2.75) is 38.6 Å². The first kappa shape index (κ1) is 20.5. The second kappa shape index (κ2) is 9.35. The maximum Gasteiger partial charge on any atom is 0.224 e. The van der Waals surface area contributed by atoms with Crippen LogP contribution in [0.15, 0.2) is 53.1 Å². The summed E-state index contributed by atoms with van der Waals surface area (Å²) in [5.41, 5.74) is 4.20. The predicted molar refractivity (Wildman–Crippen MR) is 119 cm³/mol. The number of benzene rings is 2. The van der Waals surface area contributed by atoms with E-state index in [0.29, 0.717) is 13.0 Å². The number of rotatable bonds is 8. The molecule has 4 rings (SSSR count). The first-order valence-electron chi connectivity index (χ1n) is 10.8. The number of hydrogen-bond acceptors (Lipinski definition) is 4. The first-order valence-corrected chi connectivity index (χ1v) is 10.8. The lowest BCUT2D eigenvalue weighted by molar-refractivity contribution is -0.120. The van der Waals surface area contributed by atoms with Gasteiger partial charge in [-0.2, -0.15) is 0 Å². The van der Waals surface area contributed by atoms with Gasteiger partial charge in [0, 0.05) is 17.5 Å². The Morgan fingerprint density at radius 3 is 2.80 bits per heavy atom. The molecular formula is C25H30N2O3. The van der Waals surface area contributed by atoms with Gasteiger partial charge >= 0.3 is 0 Å². The minimum Gasteiger partial charge on any atom is -0.497 e. The molecule has 3 aromatic rings. The fourth-order valence-corrected chi connectivity index (χ4v) is 4.29. The van der Waals surface area contributed by atoms with Crippen molar-refractivity contribution >= 4 is 16.9 Å². The van der Waals surface area contributed by atoms with Gasteiger partial charge in [0.2, 0.25) is 5.91 Å². The van der Waals surface area contributed by atoms with Gasteiger partial charge in [-0.3, -0.25) is 9.69 Å². The van der Waals surface area contributed by atoms with Gasteiger partial charge in [0.05, 0.1) is 25.8 Å². The fourth-order valence-electron chi connectivity index (χ4n) is 4.29. The molecule has 0 bridgehead atoms. The van der Waals surface area contributed by atoms with Crippen molar-refractivity contribution in [2.24, 2.45) is 0 Å². The number of hydrogen-bond donors (Lipinski definition) is 1. The second-order valence-corrected chi connectivity index (χ2v) is 7.96. The molecule has 1 aliphatic rings. The molecule has 0 spiro atoms. The number of nitrogens with zero attached hydrogens (tertiary/aromatic N) is 1. The Morgan fingerprint density at radius 2 is 2.03 bits per heavy atom. The third kappa shape index (κ3) is 4.51. The Morgan fingerprint density at radius 1 is 1.20 bits per heavy atom. The maximum absolute atomic E-state index is 12.8. The lowest BCUT2D eigenvalue weighted by Crippen LogP contribution is -2.37. The van der Waals surface area contributed by atoms with Crippen LogP contribution in [0.2, 0.25) is 0 Å². The Labute approximate surface area is 178 Å². The smallest absolute Gasteiger partial charge is 0.224 e. The summed E-state index contributed by atoms with van der Waals surface area (Å²) < 4.78 is 11.1. The van der Waals surface area contributed by atoms with E-state index in [4.69, 9.17) is 9.15 Å². The van der Waals surface area contributed by atoms with Crippen LogP contribution in [0.4, 0.5) is 0 Å². The van der Waals surface area contributed by atoms with E-state index in [1.54, 1.807) is 13.4 Å². The number of fused-ring (bicyclic) bond motifs is 1. The molecule has 5 nitrogen and oxygen atoms in total. The highest BCUT2D eigenvalue weighted by atomic mass is 16.5. The number of amides is 1. The van der Waals surface area contributed by atoms with Crippen LogP contribution >= 0.6 is 0 Å². The summed E-state index contributed by atoms with van der Waals surface area (Å²) in [5, 5.41) is 4.18. The highest BCUT2D eigenvalue weighted by molar-refractivity contribution is 5.88. The zero-order chi connectivity index (χ0) is 20.9. The molecule has 5 heteroatoms. The summed E-state index contributed by atoms with van der Waals surface area (Å²) in [6.07, 6.45) is 5.41. The van der Waals surface area contributed by atoms with Crippen molar-refractivity contribution in [1.29, 1.82) is 0 Å². The summed E-state index contributed by atoms with van der Waals surface area (Å²) >= 11 is 0. The molecule has 158 valence electrons. The van der Waals surface area contributed by atoms with E-state index in [1.807, 2.05) is 12.1 Å². The van der Waals surface area contributed by atoms with Gasteiger partial charge in [0.15, 0.2) is 0 Å². The van der Waals surface area contributed by atoms with E-state index in [1.165, 1.54) is 24.0 Å². The van der Waals surface area contributed by atoms with Crippen LogP contribution in [-0.4, -0.2) is 37.6 Å². The molecule has 1 fully saturated rings. The molecule has 1 amide bonds. The van der Waals surface area contributed by atoms with Gasteiger partial charge in [-0.15, -0.1) is 0 Å². The zero-order valence-corrected chi connectivity index (χ0v) is 17.8. The molecular weight excluding hydrogens is 376 g/mol. The van der Waals surface area contributed by atoms with Crippen molar-refractivity contribution in [3.63, 3.8) is 0 Å². The number of aryl methyl sites for hydroxylation is 1. The molecule has 0 radical (unpaired) electrons. The molecule has 1 aliphatic heterocycles. The van der Waals surface area contributed by atoms with E-state index < -0.39 is 0 Å². The normalized spacial score (nSPS) is 15.4. The largest absolute Gasteiger partial charge is 0.497 e. The molecule has 30 heavy (non-hydrogen) atoms. The standard InChI is InChI=1S/C25H30N2O3/c1-3-18-9-10-22-20(17-30-24(22)13-18)15-25(28)26-16-23(27-11-4-5-12-27)19-7-6-8-21(14-19)29-2/h6-10,13-14,17,23H,3-5,11-12,15-16H2,1-2H3,(H,26,28)/t23-/m1/s1. The maximum atomic E-state index is 12.8. The molecule has 1 N–H and O–H groups in total. The minimum atomic E-state index is 0.0179. The van der Waals surface area contributed by atoms with Gasteiger partial charge < -0.3 is 14.5 Å². The van der Waals surface area contributed by atoms with Crippen LogP contribution in [0.3, 0.4) is 0 Å². The SMILES string of the molecule is CCc1ccc2c(CC(=O)NC[C@H](c3cccc(OC)c3)N3CCCC3)coc2c1. The van der Waals surface area contributed by atoms with E-state index in [-0.39, 0.29) is 11.9 Å². The van der Waals surface area contributed by atoms with E-state index in [0.717, 1.165) is 41.8 Å². The van der Waals surface area contributed by atoms with Crippen LogP contribution in [0.25, 0.3) is 11.0 Å². The average Bonchev–Trinajstić information content (AvgIpc) is 3.44. The summed E-state index contributed by atoms with van der Waals surface area (Å²) in [6, 6.07) is 14.5. The van der Waals surface area contributed by atoms with E-state index in [9.17, 15) is 4.79 Å². The van der Waals surface area contributed by atoms with Crippen molar-refractivity contribution in [3.8, 4) is 5.75 Å². The number of methoxy groups -OCH3 is 1. The number of furan rings is 1. The van der Waals surface area contributed by atoms with Crippen molar-refractivity contribution < 1.29 is 13.9 Å². The van der Waals surface area contributed by atoms with Gasteiger partial charge in [-0.1, -0.05) is 31.2 Å². The van der Waals surface area contributed by atoms with Crippen LogP contribution in [0.5, 0.6) is 5.75 Å². The molecule has 2 aromatic carbocycles. The van der Waals surface area contributed by atoms with Crippen LogP contribution < -0.4 is 10.1 Å².